The summed E-state index contributed by atoms with van der Waals surface area (Å²) in [6.45, 7) is 10.0. The lowest BCUT2D eigenvalue weighted by atomic mass is 10.0. The molecule has 0 unspecified atom stereocenters. The maximum Gasteiger partial charge on any atom is 0.410 e. The molecule has 0 aliphatic carbocycles. The molecule has 1 aliphatic rings. The second-order valence-corrected chi connectivity index (χ2v) is 10.1. The third-order valence-electron chi connectivity index (χ3n) is 5.03. The van der Waals surface area contributed by atoms with Crippen molar-refractivity contribution in [2.75, 3.05) is 36.9 Å². The van der Waals surface area contributed by atoms with Crippen molar-refractivity contribution in [3.63, 3.8) is 0 Å². The highest BCUT2D eigenvalue weighted by Crippen LogP contribution is 2.31. The third kappa shape index (κ3) is 5.38. The first-order valence-corrected chi connectivity index (χ1v) is 11.7. The maximum atomic E-state index is 12.4. The Labute approximate surface area is 196 Å². The molecule has 1 aromatic carbocycles. The van der Waals surface area contributed by atoms with Crippen molar-refractivity contribution in [1.29, 1.82) is 0 Å². The minimum Gasteiger partial charge on any atom is -0.444 e. The molecule has 2 heterocycles. The van der Waals surface area contributed by atoms with Crippen LogP contribution >= 0.6 is 34.2 Å². The first-order valence-electron chi connectivity index (χ1n) is 10.2. The molecular weight excluding hydrogens is 517 g/mol. The summed E-state index contributed by atoms with van der Waals surface area (Å²) >= 11 is 8.48. The zero-order valence-electron chi connectivity index (χ0n) is 18.1. The van der Waals surface area contributed by atoms with Gasteiger partial charge < -0.3 is 19.9 Å². The molecular formula is C21H29ClIN5O2. The number of fused-ring (bicyclic) bond motifs is 1. The van der Waals surface area contributed by atoms with Crippen LogP contribution in [-0.4, -0.2) is 59.3 Å². The normalized spacial score (nSPS) is 15.4. The number of carbonyl (C=O) groups excluding carboxylic acids is 1. The van der Waals surface area contributed by atoms with Crippen LogP contribution in [0, 0.1) is 3.57 Å². The largest absolute Gasteiger partial charge is 0.444 e. The quantitative estimate of drug-likeness (QED) is 0.536. The fraction of sp³-hybridized carbons (Fsp3) is 0.571. The molecule has 1 aromatic heterocycles. The summed E-state index contributed by atoms with van der Waals surface area (Å²) in [6.07, 6.45) is 1.42. The van der Waals surface area contributed by atoms with Gasteiger partial charge in [0.25, 0.3) is 0 Å². The molecule has 164 valence electrons. The minimum atomic E-state index is -0.492. The molecule has 0 spiro atoms. The molecule has 9 heteroatoms. The van der Waals surface area contributed by atoms with Gasteiger partial charge in [-0.1, -0.05) is 11.6 Å². The van der Waals surface area contributed by atoms with E-state index in [4.69, 9.17) is 26.3 Å². The predicted molar refractivity (Wildman–Crippen MR) is 131 cm³/mol. The van der Waals surface area contributed by atoms with Gasteiger partial charge in [-0.05, 0) is 75.3 Å². The summed E-state index contributed by atoms with van der Waals surface area (Å²) in [7, 11) is 1.82. The number of anilines is 2. The van der Waals surface area contributed by atoms with Gasteiger partial charge in [-0.25, -0.2) is 14.8 Å². The van der Waals surface area contributed by atoms with Crippen molar-refractivity contribution in [1.82, 2.24) is 14.9 Å². The SMILES string of the molecule is CCNc1nc2cc(Cl)c(I)cc2nc1N1CCC(N(C)C(=O)OC(C)(C)C)CC1. The van der Waals surface area contributed by atoms with Crippen LogP contribution < -0.4 is 10.2 Å². The number of halogens is 2. The van der Waals surface area contributed by atoms with Gasteiger partial charge in [0.1, 0.15) is 5.60 Å². The number of hydrogen-bond donors (Lipinski definition) is 1. The van der Waals surface area contributed by atoms with Gasteiger partial charge in [0, 0.05) is 36.3 Å². The number of aromatic nitrogens is 2. The summed E-state index contributed by atoms with van der Waals surface area (Å²) in [4.78, 5) is 26.1. The molecule has 1 amide bonds. The summed E-state index contributed by atoms with van der Waals surface area (Å²) in [6, 6.07) is 3.97. The molecule has 1 N–H and O–H groups in total. The van der Waals surface area contributed by atoms with Crippen LogP contribution in [0.4, 0.5) is 16.4 Å². The summed E-state index contributed by atoms with van der Waals surface area (Å²) < 4.78 is 6.47. The van der Waals surface area contributed by atoms with E-state index in [1.807, 2.05) is 46.9 Å². The molecule has 1 fully saturated rings. The fourth-order valence-corrected chi connectivity index (χ4v) is 4.11. The lowest BCUT2D eigenvalue weighted by Gasteiger charge is -2.38. The Hall–Kier alpha value is -1.55. The predicted octanol–water partition coefficient (Wildman–Crippen LogP) is 5.16. The first kappa shape index (κ1) is 23.1. The van der Waals surface area contributed by atoms with E-state index in [0.29, 0.717) is 5.02 Å². The molecule has 0 saturated carbocycles. The van der Waals surface area contributed by atoms with E-state index >= 15 is 0 Å². The number of hydrogen-bond acceptors (Lipinski definition) is 6. The molecule has 7 nitrogen and oxygen atoms in total. The Balaban J connectivity index is 1.78. The van der Waals surface area contributed by atoms with Gasteiger partial charge in [0.05, 0.1) is 16.1 Å². The zero-order chi connectivity index (χ0) is 22.1. The van der Waals surface area contributed by atoms with Crippen LogP contribution in [0.5, 0.6) is 0 Å². The van der Waals surface area contributed by atoms with Crippen molar-refractivity contribution in [2.24, 2.45) is 0 Å². The van der Waals surface area contributed by atoms with E-state index in [1.54, 1.807) is 4.90 Å². The molecule has 0 bridgehead atoms. The first-order chi connectivity index (χ1) is 14.1. The number of carbonyl (C=O) groups is 1. The molecule has 0 atom stereocenters. The summed E-state index contributed by atoms with van der Waals surface area (Å²) in [5.74, 6) is 1.61. The van der Waals surface area contributed by atoms with E-state index in [0.717, 1.165) is 58.7 Å². The summed E-state index contributed by atoms with van der Waals surface area (Å²) in [5.41, 5.74) is 1.11. The average Bonchev–Trinajstić information content (AvgIpc) is 2.67. The topological polar surface area (TPSA) is 70.6 Å². The Morgan fingerprint density at radius 2 is 1.93 bits per heavy atom. The Bertz CT molecular complexity index is 926. The monoisotopic (exact) mass is 545 g/mol. The van der Waals surface area contributed by atoms with Crippen molar-refractivity contribution < 1.29 is 9.53 Å². The average molecular weight is 546 g/mol. The van der Waals surface area contributed by atoms with Crippen molar-refractivity contribution in [2.45, 2.75) is 52.2 Å². The van der Waals surface area contributed by atoms with Gasteiger partial charge in [0.2, 0.25) is 0 Å². The standard InChI is InChI=1S/C21H29ClIN5O2/c1-6-24-18-19(26-17-12-15(23)14(22)11-16(17)25-18)28-9-7-13(8-10-28)27(5)20(29)30-21(2,3)4/h11-13H,6-10H2,1-5H3,(H,24,25). The highest BCUT2D eigenvalue weighted by Gasteiger charge is 2.30. The van der Waals surface area contributed by atoms with E-state index < -0.39 is 5.60 Å². The van der Waals surface area contributed by atoms with Crippen molar-refractivity contribution >= 4 is 63.0 Å². The Kier molecular flexibility index (Phi) is 7.16. The molecule has 3 rings (SSSR count). The van der Waals surface area contributed by atoms with Crippen molar-refractivity contribution in [3.8, 4) is 0 Å². The van der Waals surface area contributed by atoms with E-state index in [1.165, 1.54) is 0 Å². The minimum absolute atomic E-state index is 0.145. The molecule has 2 aromatic rings. The number of benzene rings is 1. The summed E-state index contributed by atoms with van der Waals surface area (Å²) in [5, 5.41) is 4.01. The second kappa shape index (κ2) is 9.30. The number of ether oxygens (including phenoxy) is 1. The number of nitrogens with one attached hydrogen (secondary N) is 1. The van der Waals surface area contributed by atoms with Gasteiger partial charge >= 0.3 is 6.09 Å². The number of amides is 1. The lowest BCUT2D eigenvalue weighted by molar-refractivity contribution is 0.0201. The maximum absolute atomic E-state index is 12.4. The van der Waals surface area contributed by atoms with Gasteiger partial charge in [0.15, 0.2) is 11.6 Å². The molecule has 1 aliphatic heterocycles. The highest BCUT2D eigenvalue weighted by atomic mass is 127. The van der Waals surface area contributed by atoms with Crippen molar-refractivity contribution in [3.05, 3.63) is 20.7 Å². The van der Waals surface area contributed by atoms with Crippen LogP contribution in [0.1, 0.15) is 40.5 Å². The van der Waals surface area contributed by atoms with Gasteiger partial charge in [-0.15, -0.1) is 0 Å². The van der Waals surface area contributed by atoms with Gasteiger partial charge in [-0.3, -0.25) is 0 Å². The van der Waals surface area contributed by atoms with Crippen LogP contribution in [0.3, 0.4) is 0 Å². The van der Waals surface area contributed by atoms with Gasteiger partial charge in [-0.2, -0.15) is 0 Å². The van der Waals surface area contributed by atoms with Crippen LogP contribution in [-0.2, 0) is 4.74 Å². The lowest BCUT2D eigenvalue weighted by Crippen LogP contribution is -2.47. The Morgan fingerprint density at radius 3 is 2.53 bits per heavy atom. The van der Waals surface area contributed by atoms with Crippen LogP contribution in [0.25, 0.3) is 11.0 Å². The molecule has 0 radical (unpaired) electrons. The van der Waals surface area contributed by atoms with E-state index in [2.05, 4.69) is 32.8 Å². The smallest absolute Gasteiger partial charge is 0.410 e. The van der Waals surface area contributed by atoms with Crippen LogP contribution in [0.15, 0.2) is 12.1 Å². The number of piperidine rings is 1. The highest BCUT2D eigenvalue weighted by molar-refractivity contribution is 14.1. The molecule has 30 heavy (non-hydrogen) atoms. The Morgan fingerprint density at radius 1 is 1.30 bits per heavy atom. The van der Waals surface area contributed by atoms with Crippen LogP contribution in [0.2, 0.25) is 5.02 Å². The van der Waals surface area contributed by atoms with E-state index in [9.17, 15) is 4.79 Å². The third-order valence-corrected chi connectivity index (χ3v) is 6.55. The second-order valence-electron chi connectivity index (χ2n) is 8.49. The molecule has 1 saturated heterocycles. The fourth-order valence-electron chi connectivity index (χ4n) is 3.50. The number of rotatable bonds is 4. The number of nitrogens with zero attached hydrogens (tertiary/aromatic N) is 4. The van der Waals surface area contributed by atoms with E-state index in [-0.39, 0.29) is 12.1 Å². The zero-order valence-corrected chi connectivity index (χ0v) is 21.0.